The minimum atomic E-state index is -1.50. The average Bonchev–Trinajstić information content (AvgIpc) is 1.58. The van der Waals surface area contributed by atoms with Gasteiger partial charge in [-0.05, 0) is 20.8 Å². The van der Waals surface area contributed by atoms with Crippen molar-refractivity contribution in [2.24, 2.45) is 0 Å². The molecule has 0 aliphatic carbocycles. The van der Waals surface area contributed by atoms with Gasteiger partial charge in [-0.15, -0.1) is 10.1 Å². The topological polar surface area (TPSA) is 89.7 Å². The predicted octanol–water partition coefficient (Wildman–Crippen LogP) is -2.47. The maximum Gasteiger partial charge on any atom is 1.00 e. The first-order chi connectivity index (χ1) is 4.79. The van der Waals surface area contributed by atoms with Crippen LogP contribution < -0.4 is 51.4 Å². The van der Waals surface area contributed by atoms with Gasteiger partial charge in [0.05, 0.1) is 5.60 Å². The third kappa shape index (κ3) is 48.1. The van der Waals surface area contributed by atoms with Gasteiger partial charge >= 0.3 is 51.4 Å². The van der Waals surface area contributed by atoms with Gasteiger partial charge in [0.2, 0.25) is 0 Å². The Bertz CT molecular complexity index is 128. The molecule has 0 fully saturated rings. The molecule has 7 heteroatoms. The van der Waals surface area contributed by atoms with Crippen molar-refractivity contribution in [1.29, 1.82) is 0 Å². The number of hydrogen-bond acceptors (Lipinski definition) is 4. The van der Waals surface area contributed by atoms with Gasteiger partial charge < -0.3 is 14.7 Å². The summed E-state index contributed by atoms with van der Waals surface area (Å²) in [4.78, 5) is 17.8. The van der Waals surface area contributed by atoms with Gasteiger partial charge in [-0.1, -0.05) is 6.47 Å². The molecule has 0 spiro atoms. The van der Waals surface area contributed by atoms with Crippen LogP contribution in [0.15, 0.2) is 0 Å². The summed E-state index contributed by atoms with van der Waals surface area (Å²) in [5, 5.41) is 13.6. The standard InChI is InChI=1S/C5H9O2.K.HNO3/c1-5(2,3)7-4-6;;2-1(3)4/h1-3H3;;(H,2,3,4)/q-1;+1;. The van der Waals surface area contributed by atoms with Gasteiger partial charge in [0.1, 0.15) is 0 Å². The quantitative estimate of drug-likeness (QED) is 0.221. The van der Waals surface area contributed by atoms with Crippen molar-refractivity contribution < 1.29 is 71.2 Å². The van der Waals surface area contributed by atoms with Gasteiger partial charge in [0, 0.05) is 0 Å². The Morgan fingerprint density at radius 3 is 1.75 bits per heavy atom. The Kier molecular flexibility index (Phi) is 14.2. The second-order valence-corrected chi connectivity index (χ2v) is 2.54. The first kappa shape index (κ1) is 18.2. The summed E-state index contributed by atoms with van der Waals surface area (Å²) in [5.41, 5.74) is -0.373. The van der Waals surface area contributed by atoms with Crippen molar-refractivity contribution in [3.05, 3.63) is 10.1 Å². The molecule has 0 radical (unpaired) electrons. The SMILES string of the molecule is CC(C)(C)O[C-]=O.O=[N+]([O-])O.[K+]. The monoisotopic (exact) mass is 203 g/mol. The molecule has 0 aliphatic rings. The fourth-order valence-electron chi connectivity index (χ4n) is 0.125. The van der Waals surface area contributed by atoms with Gasteiger partial charge in [-0.2, -0.15) is 0 Å². The first-order valence-electron chi connectivity index (χ1n) is 2.68. The molecule has 0 saturated heterocycles. The number of carbonyl (C=O) groups excluding carboxylic acids is 1. The summed E-state index contributed by atoms with van der Waals surface area (Å²) in [5.74, 6) is 0. The largest absolute Gasteiger partial charge is 1.00 e. The Hall–Kier alpha value is 0.306. The zero-order chi connectivity index (χ0) is 9.49. The van der Waals surface area contributed by atoms with Crippen LogP contribution in [-0.4, -0.2) is 22.4 Å². The average molecular weight is 203 g/mol. The third-order valence-corrected chi connectivity index (χ3v) is 0.348. The molecule has 66 valence electrons. The van der Waals surface area contributed by atoms with Gasteiger partial charge in [0.15, 0.2) is 0 Å². The molecule has 1 N–H and O–H groups in total. The third-order valence-electron chi connectivity index (χ3n) is 0.348. The minimum absolute atomic E-state index is 0. The van der Waals surface area contributed by atoms with E-state index in [0.717, 1.165) is 0 Å². The van der Waals surface area contributed by atoms with Crippen LogP contribution in [-0.2, 0) is 9.53 Å². The van der Waals surface area contributed by atoms with Crippen molar-refractivity contribution in [2.75, 3.05) is 0 Å². The van der Waals surface area contributed by atoms with Crippen molar-refractivity contribution >= 4 is 6.47 Å². The number of rotatable bonds is 1. The molecule has 0 aliphatic heterocycles. The van der Waals surface area contributed by atoms with Crippen LogP contribution in [0, 0.1) is 10.1 Å². The molecule has 6 nitrogen and oxygen atoms in total. The normalized spacial score (nSPS) is 8.25. The molecule has 0 amide bonds. The van der Waals surface area contributed by atoms with Crippen LogP contribution in [0.1, 0.15) is 20.8 Å². The van der Waals surface area contributed by atoms with Crippen LogP contribution in [0.2, 0.25) is 0 Å². The number of ether oxygens (including phenoxy) is 1. The molecule has 0 aromatic rings. The summed E-state index contributed by atoms with van der Waals surface area (Å²) in [7, 11) is 0. The Morgan fingerprint density at radius 2 is 1.75 bits per heavy atom. The number of hydrogen-bond donors (Lipinski definition) is 1. The van der Waals surface area contributed by atoms with E-state index in [1.807, 2.05) is 0 Å². The van der Waals surface area contributed by atoms with Crippen molar-refractivity contribution in [1.82, 2.24) is 0 Å². The molecule has 0 atom stereocenters. The van der Waals surface area contributed by atoms with E-state index in [9.17, 15) is 4.79 Å². The zero-order valence-corrected chi connectivity index (χ0v) is 10.7. The second kappa shape index (κ2) is 9.39. The van der Waals surface area contributed by atoms with Gasteiger partial charge in [0.25, 0.3) is 5.09 Å². The molecule has 0 saturated carbocycles. The molecule has 0 unspecified atom stereocenters. The van der Waals surface area contributed by atoms with Crippen LogP contribution in [0.25, 0.3) is 0 Å². The van der Waals surface area contributed by atoms with Crippen LogP contribution in [0.4, 0.5) is 0 Å². The minimum Gasteiger partial charge on any atom is -0.649 e. The maximum atomic E-state index is 9.47. The van der Waals surface area contributed by atoms with Gasteiger partial charge in [-0.25, -0.2) is 0 Å². The Morgan fingerprint density at radius 1 is 1.50 bits per heavy atom. The van der Waals surface area contributed by atoms with E-state index in [0.29, 0.717) is 0 Å². The molecular formula is C5H10KNO5. The van der Waals surface area contributed by atoms with E-state index in [1.54, 1.807) is 20.8 Å². The maximum absolute atomic E-state index is 9.47. The zero-order valence-electron chi connectivity index (χ0n) is 7.53. The molecule has 0 aromatic carbocycles. The summed E-state index contributed by atoms with van der Waals surface area (Å²) < 4.78 is 4.42. The first-order valence-corrected chi connectivity index (χ1v) is 2.68. The van der Waals surface area contributed by atoms with Crippen molar-refractivity contribution in [2.45, 2.75) is 26.4 Å². The summed E-state index contributed by atoms with van der Waals surface area (Å²) >= 11 is 0. The van der Waals surface area contributed by atoms with Crippen LogP contribution in [0.3, 0.4) is 0 Å². The molecule has 0 rings (SSSR count). The van der Waals surface area contributed by atoms with Crippen LogP contribution in [0.5, 0.6) is 0 Å². The Balaban J connectivity index is -0.000000142. The molecule has 12 heavy (non-hydrogen) atoms. The molecule has 0 aromatic heterocycles. The number of nitrogens with zero attached hydrogens (tertiary/aromatic N) is 1. The molecular weight excluding hydrogens is 193 g/mol. The van der Waals surface area contributed by atoms with E-state index < -0.39 is 5.09 Å². The van der Waals surface area contributed by atoms with Crippen molar-refractivity contribution in [3.8, 4) is 0 Å². The summed E-state index contributed by atoms with van der Waals surface area (Å²) in [6.45, 7) is 6.73. The van der Waals surface area contributed by atoms with E-state index in [2.05, 4.69) is 4.74 Å². The fraction of sp³-hybridized carbons (Fsp3) is 0.800. The van der Waals surface area contributed by atoms with E-state index in [1.165, 1.54) is 6.47 Å². The summed E-state index contributed by atoms with van der Waals surface area (Å²) in [6.07, 6.45) is 0. The Labute approximate surface area is 113 Å². The summed E-state index contributed by atoms with van der Waals surface area (Å²) in [6, 6.07) is 0. The van der Waals surface area contributed by atoms with E-state index >= 15 is 0 Å². The van der Waals surface area contributed by atoms with Gasteiger partial charge in [-0.3, -0.25) is 0 Å². The second-order valence-electron chi connectivity index (χ2n) is 2.54. The van der Waals surface area contributed by atoms with E-state index in [-0.39, 0.29) is 57.0 Å². The van der Waals surface area contributed by atoms with Crippen molar-refractivity contribution in [3.63, 3.8) is 0 Å². The fourth-order valence-corrected chi connectivity index (χ4v) is 0.125. The predicted molar refractivity (Wildman–Crippen MR) is 35.3 cm³/mol. The van der Waals surface area contributed by atoms with Crippen LogP contribution >= 0.6 is 0 Å². The molecule has 0 heterocycles. The van der Waals surface area contributed by atoms with E-state index in [4.69, 9.17) is 15.3 Å². The smallest absolute Gasteiger partial charge is 0.649 e. The molecule has 0 bridgehead atoms.